The smallest absolute Gasteiger partial charge is 0.342 e. The van der Waals surface area contributed by atoms with E-state index in [0.717, 1.165) is 0 Å². The molecule has 7 heteroatoms. The monoisotopic (exact) mass is 243 g/mol. The predicted octanol–water partition coefficient (Wildman–Crippen LogP) is -0.0243. The number of nitrogen functional groups attached to an aromatic ring is 1. The molecular formula is C9H14N3O3P. The molecule has 1 aromatic carbocycles. The number of benzene rings is 1. The Bertz CT molecular complexity index is 426. The van der Waals surface area contributed by atoms with Crippen LogP contribution >= 0.6 is 7.60 Å². The van der Waals surface area contributed by atoms with Crippen molar-refractivity contribution in [1.82, 2.24) is 0 Å². The first kappa shape index (κ1) is 12.9. The lowest BCUT2D eigenvalue weighted by atomic mass is 10.1. The molecule has 0 aromatic heterocycles. The van der Waals surface area contributed by atoms with Crippen molar-refractivity contribution in [1.29, 1.82) is 5.41 Å². The molecule has 1 atom stereocenters. The van der Waals surface area contributed by atoms with E-state index in [4.69, 9.17) is 26.7 Å². The van der Waals surface area contributed by atoms with E-state index >= 15 is 0 Å². The molecule has 0 saturated heterocycles. The quantitative estimate of drug-likeness (QED) is 0.288. The SMILES string of the molecule is N=C(N)c1ccc(CC(N)P(=O)(O)O)cc1. The van der Waals surface area contributed by atoms with Gasteiger partial charge in [0.25, 0.3) is 0 Å². The zero-order valence-electron chi connectivity index (χ0n) is 8.50. The van der Waals surface area contributed by atoms with Crippen LogP contribution in [0, 0.1) is 5.41 Å². The van der Waals surface area contributed by atoms with Crippen molar-refractivity contribution in [2.75, 3.05) is 0 Å². The van der Waals surface area contributed by atoms with Crippen LogP contribution in [-0.2, 0) is 11.0 Å². The summed E-state index contributed by atoms with van der Waals surface area (Å²) in [6.45, 7) is 0. The van der Waals surface area contributed by atoms with E-state index in [1.54, 1.807) is 24.3 Å². The Hall–Kier alpha value is -1.20. The van der Waals surface area contributed by atoms with E-state index in [0.29, 0.717) is 11.1 Å². The third kappa shape index (κ3) is 3.43. The van der Waals surface area contributed by atoms with Gasteiger partial charge in [-0.25, -0.2) is 0 Å². The molecule has 0 aliphatic rings. The first-order chi connectivity index (χ1) is 7.30. The Morgan fingerprint density at radius 3 is 2.25 bits per heavy atom. The maximum absolute atomic E-state index is 10.8. The summed E-state index contributed by atoms with van der Waals surface area (Å²) in [6.07, 6.45) is 0.0858. The standard InChI is InChI=1S/C9H14N3O3P/c10-8(16(13,14)15)5-6-1-3-7(4-2-6)9(11)12/h1-4,8H,5,10H2,(H3,11,12)(H2,13,14,15). The van der Waals surface area contributed by atoms with Gasteiger partial charge in [-0.2, -0.15) is 0 Å². The molecule has 0 aliphatic carbocycles. The Kier molecular flexibility index (Phi) is 3.83. The summed E-state index contributed by atoms with van der Waals surface area (Å²) in [5.41, 5.74) is 11.9. The molecule has 1 rings (SSSR count). The largest absolute Gasteiger partial charge is 0.384 e. The first-order valence-corrected chi connectivity index (χ1v) is 6.23. The fourth-order valence-electron chi connectivity index (χ4n) is 1.18. The lowest BCUT2D eigenvalue weighted by Crippen LogP contribution is -2.22. The molecule has 1 aromatic rings. The molecular weight excluding hydrogens is 229 g/mol. The van der Waals surface area contributed by atoms with Crippen molar-refractivity contribution in [3.05, 3.63) is 35.4 Å². The summed E-state index contributed by atoms with van der Waals surface area (Å²) in [7, 11) is -4.24. The highest BCUT2D eigenvalue weighted by Crippen LogP contribution is 2.39. The van der Waals surface area contributed by atoms with Crippen LogP contribution in [0.4, 0.5) is 0 Å². The fourth-order valence-corrected chi connectivity index (χ4v) is 1.63. The van der Waals surface area contributed by atoms with Crippen molar-refractivity contribution in [2.24, 2.45) is 11.5 Å². The van der Waals surface area contributed by atoms with Crippen LogP contribution in [0.3, 0.4) is 0 Å². The summed E-state index contributed by atoms with van der Waals surface area (Å²) in [5.74, 6) is -1.25. The second-order valence-electron chi connectivity index (χ2n) is 3.47. The highest BCUT2D eigenvalue weighted by Gasteiger charge is 2.24. The lowest BCUT2D eigenvalue weighted by Gasteiger charge is -2.13. The molecule has 6 nitrogen and oxygen atoms in total. The van der Waals surface area contributed by atoms with E-state index in [9.17, 15) is 4.57 Å². The van der Waals surface area contributed by atoms with Crippen LogP contribution in [0.2, 0.25) is 0 Å². The number of hydrogen-bond donors (Lipinski definition) is 5. The van der Waals surface area contributed by atoms with Gasteiger partial charge < -0.3 is 21.3 Å². The van der Waals surface area contributed by atoms with E-state index in [1.807, 2.05) is 0 Å². The molecule has 0 fully saturated rings. The van der Waals surface area contributed by atoms with Crippen molar-refractivity contribution < 1.29 is 14.4 Å². The topological polar surface area (TPSA) is 133 Å². The normalized spacial score (nSPS) is 13.4. The highest BCUT2D eigenvalue weighted by molar-refractivity contribution is 7.52. The van der Waals surface area contributed by atoms with Gasteiger partial charge in [-0.05, 0) is 12.0 Å². The molecule has 0 heterocycles. The second-order valence-corrected chi connectivity index (χ2v) is 5.31. The van der Waals surface area contributed by atoms with Crippen molar-refractivity contribution in [3.8, 4) is 0 Å². The highest BCUT2D eigenvalue weighted by atomic mass is 31.2. The van der Waals surface area contributed by atoms with Gasteiger partial charge in [0, 0.05) is 5.56 Å². The number of nitrogens with two attached hydrogens (primary N) is 2. The van der Waals surface area contributed by atoms with Gasteiger partial charge in [0.05, 0.1) is 0 Å². The average Bonchev–Trinajstić information content (AvgIpc) is 2.17. The molecule has 88 valence electrons. The summed E-state index contributed by atoms with van der Waals surface area (Å²) < 4.78 is 10.8. The van der Waals surface area contributed by atoms with Gasteiger partial charge in [0.15, 0.2) is 0 Å². The fraction of sp³-hybridized carbons (Fsp3) is 0.222. The number of rotatable bonds is 4. The first-order valence-electron chi connectivity index (χ1n) is 4.55. The second kappa shape index (κ2) is 4.76. The summed E-state index contributed by atoms with van der Waals surface area (Å²) in [4.78, 5) is 17.6. The van der Waals surface area contributed by atoms with Gasteiger partial charge in [-0.3, -0.25) is 9.97 Å². The molecule has 0 amide bonds. The Morgan fingerprint density at radius 2 is 1.88 bits per heavy atom. The Labute approximate surface area is 92.9 Å². The predicted molar refractivity (Wildman–Crippen MR) is 61.2 cm³/mol. The van der Waals surface area contributed by atoms with Crippen molar-refractivity contribution in [3.63, 3.8) is 0 Å². The van der Waals surface area contributed by atoms with E-state index < -0.39 is 13.4 Å². The molecule has 0 spiro atoms. The Morgan fingerprint density at radius 1 is 1.38 bits per heavy atom. The van der Waals surface area contributed by atoms with Crippen LogP contribution in [-0.4, -0.2) is 21.4 Å². The minimum atomic E-state index is -4.24. The third-order valence-electron chi connectivity index (χ3n) is 2.14. The van der Waals surface area contributed by atoms with Gasteiger partial charge in [-0.15, -0.1) is 0 Å². The van der Waals surface area contributed by atoms with Crippen LogP contribution in [0.25, 0.3) is 0 Å². The van der Waals surface area contributed by atoms with Gasteiger partial charge in [0.1, 0.15) is 11.6 Å². The summed E-state index contributed by atoms with van der Waals surface area (Å²) >= 11 is 0. The molecule has 16 heavy (non-hydrogen) atoms. The molecule has 0 saturated carbocycles. The van der Waals surface area contributed by atoms with E-state index in [1.165, 1.54) is 0 Å². The summed E-state index contributed by atoms with van der Waals surface area (Å²) in [6, 6.07) is 6.52. The van der Waals surface area contributed by atoms with Crippen LogP contribution in [0.5, 0.6) is 0 Å². The Balaban J connectivity index is 2.77. The van der Waals surface area contributed by atoms with Crippen LogP contribution < -0.4 is 11.5 Å². The minimum Gasteiger partial charge on any atom is -0.384 e. The van der Waals surface area contributed by atoms with Gasteiger partial charge >= 0.3 is 7.60 Å². The maximum Gasteiger partial charge on any atom is 0.342 e. The molecule has 0 aliphatic heterocycles. The summed E-state index contributed by atoms with van der Waals surface area (Å²) in [5, 5.41) is 7.18. The molecule has 0 radical (unpaired) electrons. The van der Waals surface area contributed by atoms with Gasteiger partial charge in [-0.1, -0.05) is 24.3 Å². The van der Waals surface area contributed by atoms with E-state index in [-0.39, 0.29) is 12.3 Å². The lowest BCUT2D eigenvalue weighted by molar-refractivity contribution is 0.358. The minimum absolute atomic E-state index is 0.0502. The third-order valence-corrected chi connectivity index (χ3v) is 3.19. The van der Waals surface area contributed by atoms with Crippen molar-refractivity contribution in [2.45, 2.75) is 12.2 Å². The number of nitrogens with one attached hydrogen (secondary N) is 1. The molecule has 7 N–H and O–H groups in total. The van der Waals surface area contributed by atoms with Crippen LogP contribution in [0.15, 0.2) is 24.3 Å². The van der Waals surface area contributed by atoms with E-state index in [2.05, 4.69) is 0 Å². The maximum atomic E-state index is 10.8. The molecule has 0 bridgehead atoms. The zero-order chi connectivity index (χ0) is 12.3. The van der Waals surface area contributed by atoms with Crippen LogP contribution in [0.1, 0.15) is 11.1 Å². The number of hydrogen-bond acceptors (Lipinski definition) is 3. The average molecular weight is 243 g/mol. The number of amidine groups is 1. The zero-order valence-corrected chi connectivity index (χ0v) is 9.39. The van der Waals surface area contributed by atoms with Gasteiger partial charge in [0.2, 0.25) is 0 Å². The molecule has 1 unspecified atom stereocenters. The van der Waals surface area contributed by atoms with Crippen molar-refractivity contribution >= 4 is 13.4 Å².